The number of nitrogens with zero attached hydrogens (tertiary/aromatic N) is 1. The Morgan fingerprint density at radius 1 is 0.915 bits per heavy atom. The molecule has 0 aliphatic carbocycles. The Kier molecular flexibility index (Phi) is 12.0. The maximum atomic E-state index is 12.1. The molecular weight excluding hydrogens is 659 g/mol. The van der Waals surface area contributed by atoms with E-state index in [-0.39, 0.29) is 31.4 Å². The number of aliphatic hydroxyl groups is 2. The summed E-state index contributed by atoms with van der Waals surface area (Å²) in [6, 6.07) is 33.0. The van der Waals surface area contributed by atoms with Crippen LogP contribution in [0.15, 0.2) is 103 Å². The highest BCUT2D eigenvalue weighted by Crippen LogP contribution is 2.39. The van der Waals surface area contributed by atoms with Crippen molar-refractivity contribution in [3.8, 4) is 11.1 Å². The molecule has 1 aliphatic rings. The van der Waals surface area contributed by atoms with Crippen LogP contribution in [0.25, 0.3) is 11.1 Å². The molecule has 1 amide bonds. The third-order valence-electron chi connectivity index (χ3n) is 8.61. The molecule has 5 rings (SSSR count). The Labute approximate surface area is 291 Å². The van der Waals surface area contributed by atoms with Crippen LogP contribution >= 0.6 is 34.8 Å². The predicted molar refractivity (Wildman–Crippen MR) is 186 cm³/mol. The van der Waals surface area contributed by atoms with Gasteiger partial charge in [-0.2, -0.15) is 0 Å². The fraction of sp³-hybridized carbons (Fsp3) is 0.324. The van der Waals surface area contributed by atoms with E-state index in [4.69, 9.17) is 44.3 Å². The average Bonchev–Trinajstić information content (AvgIpc) is 3.10. The first-order valence-electron chi connectivity index (χ1n) is 15.5. The number of aliphatic hydroxyl groups excluding tert-OH is 2. The first kappa shape index (κ1) is 35.3. The third kappa shape index (κ3) is 9.13. The molecule has 0 radical (unpaired) electrons. The van der Waals surface area contributed by atoms with E-state index in [1.807, 2.05) is 117 Å². The number of alkyl halides is 3. The van der Waals surface area contributed by atoms with Crippen molar-refractivity contribution in [2.45, 2.75) is 60.9 Å². The topological polar surface area (TPSA) is 91.3 Å². The summed E-state index contributed by atoms with van der Waals surface area (Å²) in [6.45, 7) is 2.77. The minimum absolute atomic E-state index is 0.0264. The van der Waals surface area contributed by atoms with Gasteiger partial charge >= 0.3 is 0 Å². The minimum Gasteiger partial charge on any atom is -0.392 e. The van der Waals surface area contributed by atoms with Gasteiger partial charge in [0.1, 0.15) is 0 Å². The van der Waals surface area contributed by atoms with Crippen molar-refractivity contribution in [3.63, 3.8) is 0 Å². The van der Waals surface area contributed by atoms with E-state index in [9.17, 15) is 15.0 Å². The molecule has 7 nitrogen and oxygen atoms in total. The second-order valence-corrected chi connectivity index (χ2v) is 14.1. The Hall–Kier alpha value is -2.98. The van der Waals surface area contributed by atoms with E-state index < -0.39 is 22.1 Å². The van der Waals surface area contributed by atoms with E-state index in [0.29, 0.717) is 13.0 Å². The van der Waals surface area contributed by atoms with E-state index in [2.05, 4.69) is 10.2 Å². The zero-order valence-electron chi connectivity index (χ0n) is 26.2. The summed E-state index contributed by atoms with van der Waals surface area (Å²) in [7, 11) is 2.00. The molecule has 5 atom stereocenters. The normalized spacial score (nSPS) is 19.7. The molecular formula is C37H39Cl3N2O5. The zero-order chi connectivity index (χ0) is 33.6. The Bertz CT molecular complexity index is 1600. The number of rotatable bonds is 11. The number of carbonyl (C=O) groups excluding carboxylic acids is 1. The highest BCUT2D eigenvalue weighted by atomic mass is 35.6. The van der Waals surface area contributed by atoms with Gasteiger partial charge in [0.25, 0.3) is 9.70 Å². The molecule has 1 saturated heterocycles. The molecule has 10 heteroatoms. The summed E-state index contributed by atoms with van der Waals surface area (Å²) >= 11 is 17.2. The molecule has 47 heavy (non-hydrogen) atoms. The average molecular weight is 698 g/mol. The second-order valence-electron chi connectivity index (χ2n) is 11.8. The van der Waals surface area contributed by atoms with Gasteiger partial charge < -0.3 is 25.0 Å². The lowest BCUT2D eigenvalue weighted by molar-refractivity contribution is -0.253. The maximum absolute atomic E-state index is 12.1. The Morgan fingerprint density at radius 3 is 2.21 bits per heavy atom. The van der Waals surface area contributed by atoms with Crippen LogP contribution in [-0.2, 0) is 27.4 Å². The van der Waals surface area contributed by atoms with Crippen molar-refractivity contribution in [1.29, 1.82) is 0 Å². The lowest BCUT2D eigenvalue weighted by Gasteiger charge is -2.39. The van der Waals surface area contributed by atoms with Crippen LogP contribution in [-0.4, -0.2) is 50.6 Å². The Balaban J connectivity index is 1.35. The van der Waals surface area contributed by atoms with Crippen molar-refractivity contribution < 1.29 is 24.5 Å². The lowest BCUT2D eigenvalue weighted by Crippen LogP contribution is -2.43. The molecule has 0 aromatic heterocycles. The van der Waals surface area contributed by atoms with Crippen LogP contribution in [0.5, 0.6) is 0 Å². The number of ether oxygens (including phenoxy) is 2. The number of amides is 1. The van der Waals surface area contributed by atoms with Crippen LogP contribution in [0.2, 0.25) is 0 Å². The first-order valence-corrected chi connectivity index (χ1v) is 16.6. The zero-order valence-corrected chi connectivity index (χ0v) is 28.5. The fourth-order valence-electron chi connectivity index (χ4n) is 5.74. The SMILES string of the molecule is C[C@@H]([C@H](O)c1ccccc1)N(C)C[C@H]1C[C@@H](c2ccc(CO)cc2)O[C@@H](c2ccc(-c3ccccc3CNC(=O)C(Cl)(Cl)Cl)cc2)O1. The Morgan fingerprint density at radius 2 is 1.55 bits per heavy atom. The maximum Gasteiger partial charge on any atom is 0.272 e. The van der Waals surface area contributed by atoms with E-state index >= 15 is 0 Å². The van der Waals surface area contributed by atoms with Crippen molar-refractivity contribution in [1.82, 2.24) is 10.2 Å². The summed E-state index contributed by atoms with van der Waals surface area (Å²) in [5, 5.41) is 23.3. The molecule has 0 bridgehead atoms. The summed E-state index contributed by atoms with van der Waals surface area (Å²) in [5.74, 6) is -0.691. The van der Waals surface area contributed by atoms with Gasteiger partial charge in [-0.15, -0.1) is 0 Å². The van der Waals surface area contributed by atoms with Gasteiger partial charge in [-0.1, -0.05) is 138 Å². The smallest absolute Gasteiger partial charge is 0.272 e. The molecule has 4 aromatic rings. The van der Waals surface area contributed by atoms with E-state index in [0.717, 1.165) is 38.9 Å². The van der Waals surface area contributed by atoms with E-state index in [1.165, 1.54) is 0 Å². The molecule has 0 saturated carbocycles. The van der Waals surface area contributed by atoms with Crippen molar-refractivity contribution in [3.05, 3.63) is 131 Å². The standard InChI is InChI=1S/C37H39Cl3N2O5/c1-24(34(44)28-8-4-3-5-9-28)42(2)22-31-20-33(27-14-12-25(23-43)13-15-27)47-35(46-31)29-18-16-26(17-19-29)32-11-7-6-10-30(32)21-41-36(45)37(38,39)40/h3-19,24,31,33-35,43-44H,20-23H2,1-2H3,(H,41,45)/t24-,31+,33-,34-,35-/m0/s1. The summed E-state index contributed by atoms with van der Waals surface area (Å²) in [4.78, 5) is 14.3. The molecule has 3 N–H and O–H groups in total. The summed E-state index contributed by atoms with van der Waals surface area (Å²) in [6.07, 6.45) is -1.08. The summed E-state index contributed by atoms with van der Waals surface area (Å²) in [5.41, 5.74) is 6.31. The predicted octanol–water partition coefficient (Wildman–Crippen LogP) is 7.43. The van der Waals surface area contributed by atoms with Gasteiger partial charge in [-0.3, -0.25) is 9.69 Å². The van der Waals surface area contributed by atoms with Crippen LogP contribution in [0.3, 0.4) is 0 Å². The molecule has 0 spiro atoms. The third-order valence-corrected chi connectivity index (χ3v) is 9.12. The molecule has 1 fully saturated rings. The van der Waals surface area contributed by atoms with Crippen molar-refractivity contribution in [2.24, 2.45) is 0 Å². The number of carbonyl (C=O) groups is 1. The monoisotopic (exact) mass is 696 g/mol. The number of nitrogens with one attached hydrogen (secondary N) is 1. The molecule has 1 aliphatic heterocycles. The van der Waals surface area contributed by atoms with Crippen LogP contribution in [0.4, 0.5) is 0 Å². The number of halogens is 3. The molecule has 4 aromatic carbocycles. The van der Waals surface area contributed by atoms with E-state index in [1.54, 1.807) is 0 Å². The number of hydrogen-bond acceptors (Lipinski definition) is 6. The quantitative estimate of drug-likeness (QED) is 0.141. The second kappa shape index (κ2) is 15.9. The van der Waals surface area contributed by atoms with Gasteiger partial charge in [0.2, 0.25) is 0 Å². The number of likely N-dealkylation sites (N-methyl/N-ethyl adjacent to an activating group) is 1. The highest BCUT2D eigenvalue weighted by Gasteiger charge is 2.34. The van der Waals surface area contributed by atoms with Crippen LogP contribution in [0, 0.1) is 0 Å². The lowest BCUT2D eigenvalue weighted by atomic mass is 9.97. The van der Waals surface area contributed by atoms with Gasteiger partial charge in [0, 0.05) is 31.1 Å². The first-order chi connectivity index (χ1) is 22.5. The van der Waals surface area contributed by atoms with Gasteiger partial charge in [-0.05, 0) is 47.4 Å². The molecule has 248 valence electrons. The van der Waals surface area contributed by atoms with Crippen molar-refractivity contribution >= 4 is 40.7 Å². The molecule has 1 heterocycles. The number of benzene rings is 4. The van der Waals surface area contributed by atoms with Crippen molar-refractivity contribution in [2.75, 3.05) is 13.6 Å². The van der Waals surface area contributed by atoms with Crippen LogP contribution < -0.4 is 5.32 Å². The van der Waals surface area contributed by atoms with Gasteiger partial charge in [0.05, 0.1) is 24.9 Å². The summed E-state index contributed by atoms with van der Waals surface area (Å²) < 4.78 is 11.1. The highest BCUT2D eigenvalue weighted by molar-refractivity contribution is 6.76. The van der Waals surface area contributed by atoms with Crippen LogP contribution in [0.1, 0.15) is 59.7 Å². The van der Waals surface area contributed by atoms with Gasteiger partial charge in [0.15, 0.2) is 6.29 Å². The number of hydrogen-bond donors (Lipinski definition) is 3. The fourth-order valence-corrected chi connectivity index (χ4v) is 5.94. The molecule has 0 unspecified atom stereocenters. The van der Waals surface area contributed by atoms with Gasteiger partial charge in [-0.25, -0.2) is 0 Å². The minimum atomic E-state index is -2.04. The largest absolute Gasteiger partial charge is 0.392 e.